The van der Waals surface area contributed by atoms with Crippen LogP contribution in [0.15, 0.2) is 58.8 Å². The summed E-state index contributed by atoms with van der Waals surface area (Å²) in [6, 6.07) is 11.2. The van der Waals surface area contributed by atoms with Crippen molar-refractivity contribution in [3.63, 3.8) is 0 Å². The Bertz CT molecular complexity index is 518. The van der Waals surface area contributed by atoms with Gasteiger partial charge in [-0.15, -0.1) is 0 Å². The summed E-state index contributed by atoms with van der Waals surface area (Å²) in [5.74, 6) is 1.35. The molecule has 0 fully saturated rings. The fourth-order valence-corrected chi connectivity index (χ4v) is 1.22. The number of nitrogens with zero attached hydrogens (tertiary/aromatic N) is 4. The van der Waals surface area contributed by atoms with Gasteiger partial charge in [0.1, 0.15) is 0 Å². The SMILES string of the molecule is CC(/C=N/c1ccccn1)=N\c1ccccn1. The Kier molecular flexibility index (Phi) is 3.70. The Morgan fingerprint density at radius 2 is 1.65 bits per heavy atom. The van der Waals surface area contributed by atoms with Gasteiger partial charge in [0, 0.05) is 12.4 Å². The van der Waals surface area contributed by atoms with Gasteiger partial charge in [0.25, 0.3) is 0 Å². The smallest absolute Gasteiger partial charge is 0.152 e. The number of pyridine rings is 2. The Morgan fingerprint density at radius 3 is 2.24 bits per heavy atom. The lowest BCUT2D eigenvalue weighted by Gasteiger charge is -1.93. The maximum Gasteiger partial charge on any atom is 0.152 e. The maximum atomic E-state index is 4.30. The molecule has 0 aliphatic heterocycles. The first-order chi connectivity index (χ1) is 8.34. The van der Waals surface area contributed by atoms with Gasteiger partial charge in [-0.2, -0.15) is 0 Å². The van der Waals surface area contributed by atoms with Gasteiger partial charge < -0.3 is 0 Å². The van der Waals surface area contributed by atoms with E-state index in [2.05, 4.69) is 20.0 Å². The van der Waals surface area contributed by atoms with Gasteiger partial charge >= 0.3 is 0 Å². The van der Waals surface area contributed by atoms with E-state index < -0.39 is 0 Å². The molecule has 0 aromatic carbocycles. The number of aliphatic imine (C=N–C) groups is 2. The van der Waals surface area contributed by atoms with Crippen LogP contribution in [0.2, 0.25) is 0 Å². The Balaban J connectivity index is 2.09. The van der Waals surface area contributed by atoms with Crippen molar-refractivity contribution in [1.29, 1.82) is 0 Å². The zero-order valence-corrected chi connectivity index (χ0v) is 9.49. The summed E-state index contributed by atoms with van der Waals surface area (Å²) in [5.41, 5.74) is 0.786. The zero-order chi connectivity index (χ0) is 11.9. The van der Waals surface area contributed by atoms with Crippen molar-refractivity contribution >= 4 is 23.6 Å². The molecule has 2 aromatic heterocycles. The van der Waals surface area contributed by atoms with Crippen LogP contribution in [0.25, 0.3) is 0 Å². The number of aromatic nitrogens is 2. The third-order valence-electron chi connectivity index (χ3n) is 1.97. The van der Waals surface area contributed by atoms with Crippen LogP contribution in [0.3, 0.4) is 0 Å². The molecule has 84 valence electrons. The van der Waals surface area contributed by atoms with Gasteiger partial charge in [0.05, 0.1) is 11.9 Å². The fourth-order valence-electron chi connectivity index (χ4n) is 1.22. The molecule has 0 aliphatic rings. The van der Waals surface area contributed by atoms with Gasteiger partial charge in [0.2, 0.25) is 0 Å². The Morgan fingerprint density at radius 1 is 1.00 bits per heavy atom. The van der Waals surface area contributed by atoms with E-state index in [1.165, 1.54) is 0 Å². The molecule has 0 saturated heterocycles. The van der Waals surface area contributed by atoms with E-state index in [0.717, 1.165) is 5.71 Å². The second kappa shape index (κ2) is 5.65. The van der Waals surface area contributed by atoms with E-state index in [0.29, 0.717) is 11.6 Å². The lowest BCUT2D eigenvalue weighted by Crippen LogP contribution is -1.91. The molecule has 0 N–H and O–H groups in total. The van der Waals surface area contributed by atoms with Gasteiger partial charge in [-0.1, -0.05) is 12.1 Å². The van der Waals surface area contributed by atoms with Crippen LogP contribution in [0.1, 0.15) is 6.92 Å². The summed E-state index contributed by atoms with van der Waals surface area (Å²) in [5, 5.41) is 0. The molecule has 4 nitrogen and oxygen atoms in total. The number of hydrogen-bond donors (Lipinski definition) is 0. The fraction of sp³-hybridized carbons (Fsp3) is 0.0769. The van der Waals surface area contributed by atoms with E-state index in [1.54, 1.807) is 18.6 Å². The quantitative estimate of drug-likeness (QED) is 0.752. The molecular formula is C13H12N4. The predicted octanol–water partition coefficient (Wildman–Crippen LogP) is 2.97. The summed E-state index contributed by atoms with van der Waals surface area (Å²) in [6.45, 7) is 1.88. The van der Waals surface area contributed by atoms with Crippen molar-refractivity contribution in [2.75, 3.05) is 0 Å². The van der Waals surface area contributed by atoms with Crippen LogP contribution in [-0.2, 0) is 0 Å². The van der Waals surface area contributed by atoms with E-state index in [4.69, 9.17) is 0 Å². The molecule has 4 heteroatoms. The molecule has 0 radical (unpaired) electrons. The minimum Gasteiger partial charge on any atom is -0.237 e. The van der Waals surface area contributed by atoms with E-state index in [1.807, 2.05) is 43.3 Å². The highest BCUT2D eigenvalue weighted by atomic mass is 14.9. The maximum absolute atomic E-state index is 4.30. The van der Waals surface area contributed by atoms with Crippen molar-refractivity contribution in [2.24, 2.45) is 9.98 Å². The van der Waals surface area contributed by atoms with Crippen molar-refractivity contribution < 1.29 is 0 Å². The zero-order valence-electron chi connectivity index (χ0n) is 9.49. The van der Waals surface area contributed by atoms with Crippen LogP contribution >= 0.6 is 0 Å². The van der Waals surface area contributed by atoms with Crippen molar-refractivity contribution in [2.45, 2.75) is 6.92 Å². The first-order valence-electron chi connectivity index (χ1n) is 5.26. The highest BCUT2D eigenvalue weighted by Crippen LogP contribution is 2.06. The molecule has 2 rings (SSSR count). The molecular weight excluding hydrogens is 212 g/mol. The van der Waals surface area contributed by atoms with Crippen molar-refractivity contribution in [3.8, 4) is 0 Å². The summed E-state index contributed by atoms with van der Waals surface area (Å²) in [6.07, 6.45) is 5.09. The predicted molar refractivity (Wildman–Crippen MR) is 69.4 cm³/mol. The second-order valence-electron chi connectivity index (χ2n) is 3.39. The van der Waals surface area contributed by atoms with Crippen LogP contribution in [0.5, 0.6) is 0 Å². The molecule has 0 amide bonds. The van der Waals surface area contributed by atoms with Crippen LogP contribution in [0.4, 0.5) is 11.6 Å². The third-order valence-corrected chi connectivity index (χ3v) is 1.97. The first-order valence-corrected chi connectivity index (χ1v) is 5.26. The molecule has 17 heavy (non-hydrogen) atoms. The summed E-state index contributed by atoms with van der Waals surface area (Å²) < 4.78 is 0. The lowest BCUT2D eigenvalue weighted by atomic mass is 10.4. The molecule has 0 unspecified atom stereocenters. The van der Waals surface area contributed by atoms with Gasteiger partial charge in [0.15, 0.2) is 11.6 Å². The van der Waals surface area contributed by atoms with E-state index >= 15 is 0 Å². The molecule has 2 aromatic rings. The minimum atomic E-state index is 0.670. The monoisotopic (exact) mass is 224 g/mol. The summed E-state index contributed by atoms with van der Waals surface area (Å²) in [7, 11) is 0. The highest BCUT2D eigenvalue weighted by Gasteiger charge is 1.90. The van der Waals surface area contributed by atoms with Crippen molar-refractivity contribution in [1.82, 2.24) is 9.97 Å². The van der Waals surface area contributed by atoms with Gasteiger partial charge in [-0.3, -0.25) is 0 Å². The largest absolute Gasteiger partial charge is 0.237 e. The molecule has 0 bridgehead atoms. The molecule has 0 aliphatic carbocycles. The Hall–Kier alpha value is -2.36. The number of hydrogen-bond acceptors (Lipinski definition) is 4. The highest BCUT2D eigenvalue weighted by molar-refractivity contribution is 6.30. The normalized spacial score (nSPS) is 11.9. The molecule has 2 heterocycles. The summed E-state index contributed by atoms with van der Waals surface area (Å²) >= 11 is 0. The average molecular weight is 224 g/mol. The summed E-state index contributed by atoms with van der Waals surface area (Å²) in [4.78, 5) is 16.7. The van der Waals surface area contributed by atoms with Crippen molar-refractivity contribution in [3.05, 3.63) is 48.8 Å². The minimum absolute atomic E-state index is 0.670. The van der Waals surface area contributed by atoms with Crippen LogP contribution < -0.4 is 0 Å². The standard InChI is InChI=1S/C13H12N4/c1-11(17-13-7-3-5-9-15-13)10-16-12-6-2-4-8-14-12/h2-10H,1H3/b16-10+,17-11+. The van der Waals surface area contributed by atoms with E-state index in [-0.39, 0.29) is 0 Å². The molecule has 0 spiro atoms. The van der Waals surface area contributed by atoms with Gasteiger partial charge in [-0.25, -0.2) is 20.0 Å². The van der Waals surface area contributed by atoms with Gasteiger partial charge in [-0.05, 0) is 31.2 Å². The Labute approximate surface area is 99.8 Å². The molecule has 0 saturated carbocycles. The van der Waals surface area contributed by atoms with E-state index in [9.17, 15) is 0 Å². The second-order valence-corrected chi connectivity index (χ2v) is 3.39. The number of rotatable bonds is 3. The topological polar surface area (TPSA) is 50.5 Å². The van der Waals surface area contributed by atoms with Crippen LogP contribution in [0, 0.1) is 0 Å². The molecule has 0 atom stereocenters. The lowest BCUT2D eigenvalue weighted by molar-refractivity contribution is 1.27. The first kappa shape index (κ1) is 11.1. The third kappa shape index (κ3) is 3.61. The van der Waals surface area contributed by atoms with Crippen LogP contribution in [-0.4, -0.2) is 21.9 Å². The average Bonchev–Trinajstić information content (AvgIpc) is 2.39.